The summed E-state index contributed by atoms with van der Waals surface area (Å²) >= 11 is 0. The molecular formula is C23H34O3. The van der Waals surface area contributed by atoms with Gasteiger partial charge in [-0.25, -0.2) is 0 Å². The van der Waals surface area contributed by atoms with E-state index in [4.69, 9.17) is 14.6 Å². The maximum absolute atomic E-state index is 8.73. The van der Waals surface area contributed by atoms with Gasteiger partial charge in [0.25, 0.3) is 0 Å². The van der Waals surface area contributed by atoms with Crippen molar-refractivity contribution in [2.45, 2.75) is 64.2 Å². The molecule has 0 fully saturated rings. The van der Waals surface area contributed by atoms with Crippen molar-refractivity contribution in [2.24, 2.45) is 0 Å². The summed E-state index contributed by atoms with van der Waals surface area (Å²) in [5.41, 5.74) is 2.39. The van der Waals surface area contributed by atoms with Crippen LogP contribution in [0.2, 0.25) is 0 Å². The highest BCUT2D eigenvalue weighted by Gasteiger charge is 2.04. The van der Waals surface area contributed by atoms with Crippen LogP contribution in [-0.4, -0.2) is 24.9 Å². The molecule has 0 radical (unpaired) electrons. The Kier molecular flexibility index (Phi) is 10.7. The molecule has 3 nitrogen and oxygen atoms in total. The Labute approximate surface area is 158 Å². The Morgan fingerprint density at radius 1 is 0.808 bits per heavy atom. The normalized spacial score (nSPS) is 13.3. The number of hydrogen-bond acceptors (Lipinski definition) is 3. The molecule has 0 aromatic heterocycles. The van der Waals surface area contributed by atoms with Gasteiger partial charge in [-0.15, -0.1) is 0 Å². The van der Waals surface area contributed by atoms with E-state index in [1.807, 2.05) is 18.2 Å². The third-order valence-electron chi connectivity index (χ3n) is 4.76. The van der Waals surface area contributed by atoms with Crippen molar-refractivity contribution in [1.82, 2.24) is 0 Å². The monoisotopic (exact) mass is 358 g/mol. The minimum atomic E-state index is 0.344. The first-order valence-electron chi connectivity index (χ1n) is 10.2. The molecule has 26 heavy (non-hydrogen) atoms. The van der Waals surface area contributed by atoms with Crippen molar-refractivity contribution in [3.8, 4) is 5.75 Å². The van der Waals surface area contributed by atoms with Crippen molar-refractivity contribution in [3.05, 3.63) is 48.2 Å². The second kappa shape index (κ2) is 13.5. The summed E-state index contributed by atoms with van der Waals surface area (Å²) in [5, 5.41) is 8.73. The van der Waals surface area contributed by atoms with E-state index < -0.39 is 0 Å². The number of hydrogen-bond donors (Lipinski definition) is 1. The van der Waals surface area contributed by atoms with E-state index in [2.05, 4.69) is 18.2 Å². The van der Waals surface area contributed by atoms with Crippen molar-refractivity contribution in [3.63, 3.8) is 0 Å². The van der Waals surface area contributed by atoms with Crippen molar-refractivity contribution in [2.75, 3.05) is 19.8 Å². The second-order valence-corrected chi connectivity index (χ2v) is 6.96. The molecule has 1 aromatic carbocycles. The van der Waals surface area contributed by atoms with Gasteiger partial charge >= 0.3 is 0 Å². The van der Waals surface area contributed by atoms with Gasteiger partial charge in [-0.2, -0.15) is 0 Å². The summed E-state index contributed by atoms with van der Waals surface area (Å²) in [5.74, 6) is 0.949. The van der Waals surface area contributed by atoms with Gasteiger partial charge in [0, 0.05) is 6.61 Å². The molecule has 0 atom stereocenters. The third kappa shape index (κ3) is 8.57. The zero-order chi connectivity index (χ0) is 18.3. The smallest absolute Gasteiger partial charge is 0.119 e. The number of rotatable bonds is 14. The fourth-order valence-electron chi connectivity index (χ4n) is 3.16. The highest BCUT2D eigenvalue weighted by Crippen LogP contribution is 2.21. The molecule has 1 aliphatic heterocycles. The quantitative estimate of drug-likeness (QED) is 0.422. The Morgan fingerprint density at radius 3 is 2.00 bits per heavy atom. The average molecular weight is 359 g/mol. The molecule has 0 bridgehead atoms. The number of ether oxygens (including phenoxy) is 2. The van der Waals surface area contributed by atoms with Gasteiger partial charge in [0.1, 0.15) is 12.4 Å². The van der Waals surface area contributed by atoms with E-state index in [1.165, 1.54) is 62.5 Å². The van der Waals surface area contributed by atoms with Crippen LogP contribution >= 0.6 is 0 Å². The number of benzene rings is 1. The van der Waals surface area contributed by atoms with E-state index in [-0.39, 0.29) is 0 Å². The first-order valence-corrected chi connectivity index (χ1v) is 10.2. The molecule has 2 rings (SSSR count). The van der Waals surface area contributed by atoms with E-state index in [9.17, 15) is 0 Å². The van der Waals surface area contributed by atoms with Crippen molar-refractivity contribution < 1.29 is 14.6 Å². The van der Waals surface area contributed by atoms with Crippen molar-refractivity contribution >= 4 is 5.57 Å². The minimum Gasteiger partial charge on any atom is -0.496 e. The molecule has 0 unspecified atom stereocenters. The lowest BCUT2D eigenvalue weighted by Crippen LogP contribution is -1.99. The van der Waals surface area contributed by atoms with Crippen LogP contribution in [0.4, 0.5) is 0 Å². The van der Waals surface area contributed by atoms with Gasteiger partial charge in [0.2, 0.25) is 0 Å². The summed E-state index contributed by atoms with van der Waals surface area (Å²) in [6.45, 7) is 1.78. The largest absolute Gasteiger partial charge is 0.496 e. The first kappa shape index (κ1) is 20.6. The van der Waals surface area contributed by atoms with E-state index in [0.717, 1.165) is 25.2 Å². The highest BCUT2D eigenvalue weighted by atomic mass is 16.5. The third-order valence-corrected chi connectivity index (χ3v) is 4.76. The second-order valence-electron chi connectivity index (χ2n) is 6.96. The molecule has 1 aromatic rings. The van der Waals surface area contributed by atoms with Crippen LogP contribution < -0.4 is 4.74 Å². The van der Waals surface area contributed by atoms with Gasteiger partial charge in [0.15, 0.2) is 0 Å². The van der Waals surface area contributed by atoms with Crippen LogP contribution in [0.1, 0.15) is 69.8 Å². The first-order chi connectivity index (χ1) is 12.9. The van der Waals surface area contributed by atoms with Crippen molar-refractivity contribution in [1.29, 1.82) is 0 Å². The van der Waals surface area contributed by atoms with Crippen LogP contribution in [-0.2, 0) is 4.74 Å². The number of allylic oxidation sites excluding steroid dienone is 2. The van der Waals surface area contributed by atoms with Crippen LogP contribution in [0.5, 0.6) is 5.75 Å². The fourth-order valence-corrected chi connectivity index (χ4v) is 3.16. The van der Waals surface area contributed by atoms with Crippen LogP contribution in [0.15, 0.2) is 42.7 Å². The van der Waals surface area contributed by atoms with E-state index in [0.29, 0.717) is 13.2 Å². The zero-order valence-corrected chi connectivity index (χ0v) is 16.0. The SMILES string of the molecule is OCCCCCCCCCCCCOc1ccc(C2=CC=COC2)cc1. The maximum Gasteiger partial charge on any atom is 0.119 e. The van der Waals surface area contributed by atoms with Gasteiger partial charge in [-0.1, -0.05) is 69.6 Å². The average Bonchev–Trinajstić information content (AvgIpc) is 2.70. The fraction of sp³-hybridized carbons (Fsp3) is 0.565. The molecule has 0 saturated heterocycles. The molecule has 1 aliphatic rings. The molecular weight excluding hydrogens is 324 g/mol. The van der Waals surface area contributed by atoms with Gasteiger partial charge < -0.3 is 14.6 Å². The summed E-state index contributed by atoms with van der Waals surface area (Å²) < 4.78 is 11.2. The van der Waals surface area contributed by atoms with Crippen LogP contribution in [0.3, 0.4) is 0 Å². The topological polar surface area (TPSA) is 38.7 Å². The summed E-state index contributed by atoms with van der Waals surface area (Å²) in [6, 6.07) is 8.30. The Hall–Kier alpha value is -1.74. The lowest BCUT2D eigenvalue weighted by Gasteiger charge is -2.11. The molecule has 0 saturated carbocycles. The molecule has 0 spiro atoms. The van der Waals surface area contributed by atoms with E-state index in [1.54, 1.807) is 6.26 Å². The van der Waals surface area contributed by atoms with Gasteiger partial charge in [0.05, 0.1) is 12.9 Å². The lowest BCUT2D eigenvalue weighted by atomic mass is 10.1. The minimum absolute atomic E-state index is 0.344. The molecule has 0 amide bonds. The summed E-state index contributed by atoms with van der Waals surface area (Å²) in [6.07, 6.45) is 18.2. The highest BCUT2D eigenvalue weighted by molar-refractivity contribution is 5.68. The number of aliphatic hydroxyl groups is 1. The molecule has 1 N–H and O–H groups in total. The van der Waals surface area contributed by atoms with Gasteiger partial charge in [-0.3, -0.25) is 0 Å². The van der Waals surface area contributed by atoms with Gasteiger partial charge in [-0.05, 0) is 42.2 Å². The maximum atomic E-state index is 8.73. The standard InChI is InChI=1S/C23H34O3/c24-17-9-7-5-3-1-2-4-6-8-10-19-26-23-15-13-21(14-16-23)22-12-11-18-25-20-22/h11-16,18,24H,1-10,17,19-20H2. The summed E-state index contributed by atoms with van der Waals surface area (Å²) in [4.78, 5) is 0. The molecule has 144 valence electrons. The Balaban J connectivity index is 1.46. The predicted octanol–water partition coefficient (Wildman–Crippen LogP) is 5.89. The lowest BCUT2D eigenvalue weighted by molar-refractivity contribution is 0.282. The molecule has 3 heteroatoms. The van der Waals surface area contributed by atoms with E-state index >= 15 is 0 Å². The predicted molar refractivity (Wildman–Crippen MR) is 108 cm³/mol. The number of unbranched alkanes of at least 4 members (excludes halogenated alkanes) is 9. The summed E-state index contributed by atoms with van der Waals surface area (Å²) in [7, 11) is 0. The number of aliphatic hydroxyl groups excluding tert-OH is 1. The molecule has 0 aliphatic carbocycles. The van der Waals surface area contributed by atoms with Crippen LogP contribution in [0.25, 0.3) is 5.57 Å². The van der Waals surface area contributed by atoms with Crippen LogP contribution in [0, 0.1) is 0 Å². The Morgan fingerprint density at radius 2 is 1.42 bits per heavy atom. The molecule has 1 heterocycles. The Bertz CT molecular complexity index is 531. The zero-order valence-electron chi connectivity index (χ0n) is 16.0.